The maximum atomic E-state index is 12.2. The van der Waals surface area contributed by atoms with Crippen molar-refractivity contribution in [2.24, 2.45) is 0 Å². The maximum Gasteiger partial charge on any atom is 0.265 e. The average molecular weight is 343 g/mol. The zero-order valence-electron chi connectivity index (χ0n) is 12.5. The molecule has 1 amide bonds. The summed E-state index contributed by atoms with van der Waals surface area (Å²) in [5, 5.41) is 8.55. The highest BCUT2D eigenvalue weighted by molar-refractivity contribution is 7.13. The lowest BCUT2D eigenvalue weighted by Gasteiger charge is -2.25. The molecule has 1 aliphatic rings. The monoisotopic (exact) mass is 343 g/mol. The Balaban J connectivity index is 1.36. The van der Waals surface area contributed by atoms with E-state index in [4.69, 9.17) is 14.0 Å². The molecule has 0 saturated carbocycles. The number of rotatable bonds is 4. The maximum absolute atomic E-state index is 12.2. The van der Waals surface area contributed by atoms with E-state index in [1.165, 1.54) is 11.3 Å². The van der Waals surface area contributed by atoms with Crippen molar-refractivity contribution in [2.75, 3.05) is 6.61 Å². The number of hydrogen-bond acceptors (Lipinski definition) is 7. The van der Waals surface area contributed by atoms with Crippen molar-refractivity contribution in [1.29, 1.82) is 0 Å². The number of fused-ring (bicyclic) bond motifs is 1. The van der Waals surface area contributed by atoms with E-state index in [1.807, 2.05) is 29.6 Å². The lowest BCUT2D eigenvalue weighted by atomic mass is 10.2. The highest BCUT2D eigenvalue weighted by atomic mass is 32.1. The molecule has 4 rings (SSSR count). The van der Waals surface area contributed by atoms with Gasteiger partial charge in [0.05, 0.1) is 11.4 Å². The molecule has 0 aliphatic carbocycles. The van der Waals surface area contributed by atoms with Crippen molar-refractivity contribution in [3.63, 3.8) is 0 Å². The summed E-state index contributed by atoms with van der Waals surface area (Å²) in [6.07, 6.45) is -0.709. The topological polar surface area (TPSA) is 86.5 Å². The van der Waals surface area contributed by atoms with Gasteiger partial charge in [0.25, 0.3) is 5.91 Å². The minimum Gasteiger partial charge on any atom is -0.485 e. The van der Waals surface area contributed by atoms with Crippen LogP contribution in [0.1, 0.15) is 5.89 Å². The van der Waals surface area contributed by atoms with Gasteiger partial charge in [-0.3, -0.25) is 4.79 Å². The molecule has 0 bridgehead atoms. The average Bonchev–Trinajstić information content (AvgIpc) is 3.30. The number of ether oxygens (including phenoxy) is 2. The molecule has 7 nitrogen and oxygen atoms in total. The number of nitrogens with one attached hydrogen (secondary N) is 1. The molecule has 3 aromatic rings. The second-order valence-corrected chi connectivity index (χ2v) is 6.02. The van der Waals surface area contributed by atoms with Gasteiger partial charge in [-0.15, -0.1) is 11.3 Å². The molecule has 1 aromatic carbocycles. The molecule has 2 aromatic heterocycles. The number of carbonyl (C=O) groups is 1. The Morgan fingerprint density at radius 1 is 1.25 bits per heavy atom. The van der Waals surface area contributed by atoms with Gasteiger partial charge in [0, 0.05) is 0 Å². The summed E-state index contributed by atoms with van der Waals surface area (Å²) in [6, 6.07) is 11.1. The number of amides is 1. The van der Waals surface area contributed by atoms with Crippen LogP contribution in [0.4, 0.5) is 0 Å². The first-order valence-corrected chi connectivity index (χ1v) is 8.20. The van der Waals surface area contributed by atoms with Crippen molar-refractivity contribution in [3.05, 3.63) is 47.7 Å². The van der Waals surface area contributed by atoms with E-state index in [1.54, 1.807) is 12.1 Å². The zero-order valence-corrected chi connectivity index (χ0v) is 13.3. The van der Waals surface area contributed by atoms with E-state index in [0.717, 1.165) is 4.88 Å². The molecule has 0 saturated heterocycles. The smallest absolute Gasteiger partial charge is 0.265 e. The van der Waals surface area contributed by atoms with Gasteiger partial charge in [0.2, 0.25) is 17.8 Å². The predicted molar refractivity (Wildman–Crippen MR) is 85.8 cm³/mol. The van der Waals surface area contributed by atoms with Crippen LogP contribution in [-0.4, -0.2) is 28.8 Å². The Morgan fingerprint density at radius 3 is 2.96 bits per heavy atom. The number of hydrogen-bond donors (Lipinski definition) is 1. The summed E-state index contributed by atoms with van der Waals surface area (Å²) in [6.45, 7) is 0.297. The van der Waals surface area contributed by atoms with Gasteiger partial charge >= 0.3 is 0 Å². The van der Waals surface area contributed by atoms with Crippen molar-refractivity contribution in [1.82, 2.24) is 15.5 Å². The summed E-state index contributed by atoms with van der Waals surface area (Å²) in [5.74, 6) is 1.75. The van der Waals surface area contributed by atoms with Crippen LogP contribution in [0, 0.1) is 0 Å². The minimum atomic E-state index is -0.709. The van der Waals surface area contributed by atoms with E-state index >= 15 is 0 Å². The summed E-state index contributed by atoms with van der Waals surface area (Å²) < 4.78 is 16.3. The number of aromatic nitrogens is 2. The number of carbonyl (C=O) groups excluding carboxylic acids is 1. The molecular weight excluding hydrogens is 330 g/mol. The molecule has 1 aliphatic heterocycles. The molecule has 0 unspecified atom stereocenters. The second-order valence-electron chi connectivity index (χ2n) is 5.07. The van der Waals surface area contributed by atoms with Crippen LogP contribution in [0.2, 0.25) is 0 Å². The molecule has 0 radical (unpaired) electrons. The summed E-state index contributed by atoms with van der Waals surface area (Å²) in [4.78, 5) is 17.4. The van der Waals surface area contributed by atoms with Gasteiger partial charge in [-0.2, -0.15) is 4.98 Å². The lowest BCUT2D eigenvalue weighted by Crippen LogP contribution is -2.43. The van der Waals surface area contributed by atoms with Crippen LogP contribution in [-0.2, 0) is 11.3 Å². The predicted octanol–water partition coefficient (Wildman–Crippen LogP) is 2.25. The molecule has 0 spiro atoms. The van der Waals surface area contributed by atoms with Crippen LogP contribution < -0.4 is 14.8 Å². The number of para-hydroxylation sites is 2. The zero-order chi connectivity index (χ0) is 16.4. The molecule has 0 fully saturated rings. The van der Waals surface area contributed by atoms with Crippen LogP contribution in [0.15, 0.2) is 46.3 Å². The van der Waals surface area contributed by atoms with Crippen LogP contribution in [0.3, 0.4) is 0 Å². The third-order valence-corrected chi connectivity index (χ3v) is 4.29. The molecule has 8 heteroatoms. The fourth-order valence-electron chi connectivity index (χ4n) is 2.26. The summed E-state index contributed by atoms with van der Waals surface area (Å²) >= 11 is 1.52. The first kappa shape index (κ1) is 14.7. The summed E-state index contributed by atoms with van der Waals surface area (Å²) in [5.41, 5.74) is 0. The first-order chi connectivity index (χ1) is 11.8. The Bertz CT molecular complexity index is 847. The highest BCUT2D eigenvalue weighted by Gasteiger charge is 2.27. The van der Waals surface area contributed by atoms with Gasteiger partial charge in [0.1, 0.15) is 6.61 Å². The molecular formula is C16H13N3O4S. The summed E-state index contributed by atoms with van der Waals surface area (Å²) in [7, 11) is 0. The van der Waals surface area contributed by atoms with Gasteiger partial charge in [-0.25, -0.2) is 0 Å². The SMILES string of the molecule is O=C(NCc1nc(-c2cccs2)no1)[C@H]1COc2ccccc2O1. The normalized spacial score (nSPS) is 15.9. The fourth-order valence-corrected chi connectivity index (χ4v) is 2.91. The van der Waals surface area contributed by atoms with Crippen molar-refractivity contribution in [2.45, 2.75) is 12.6 Å². The van der Waals surface area contributed by atoms with Gasteiger partial charge in [-0.05, 0) is 23.6 Å². The van der Waals surface area contributed by atoms with Crippen LogP contribution in [0.25, 0.3) is 10.7 Å². The largest absolute Gasteiger partial charge is 0.485 e. The highest BCUT2D eigenvalue weighted by Crippen LogP contribution is 2.30. The number of benzene rings is 1. The number of nitrogens with zero attached hydrogens (tertiary/aromatic N) is 2. The third kappa shape index (κ3) is 2.95. The molecule has 3 heterocycles. The Labute approximate surface area is 141 Å². The lowest BCUT2D eigenvalue weighted by molar-refractivity contribution is -0.130. The molecule has 122 valence electrons. The van der Waals surface area contributed by atoms with Gasteiger partial charge < -0.3 is 19.3 Å². The van der Waals surface area contributed by atoms with E-state index in [9.17, 15) is 4.79 Å². The molecule has 24 heavy (non-hydrogen) atoms. The third-order valence-electron chi connectivity index (χ3n) is 3.42. The quantitative estimate of drug-likeness (QED) is 0.782. The first-order valence-electron chi connectivity index (χ1n) is 7.32. The van der Waals surface area contributed by atoms with Gasteiger partial charge in [-0.1, -0.05) is 23.4 Å². The van der Waals surface area contributed by atoms with E-state index in [-0.39, 0.29) is 19.1 Å². The Hall–Kier alpha value is -2.87. The fraction of sp³-hybridized carbons (Fsp3) is 0.188. The Kier molecular flexibility index (Phi) is 3.87. The van der Waals surface area contributed by atoms with Crippen molar-refractivity contribution in [3.8, 4) is 22.2 Å². The standard InChI is InChI=1S/C16H13N3O4S/c20-16(12-9-21-10-4-1-2-5-11(10)22-12)17-8-14-18-15(19-23-14)13-6-3-7-24-13/h1-7,12H,8-9H2,(H,17,20)/t12-/m1/s1. The minimum absolute atomic E-state index is 0.138. The van der Waals surface area contributed by atoms with Crippen molar-refractivity contribution >= 4 is 17.2 Å². The van der Waals surface area contributed by atoms with E-state index in [0.29, 0.717) is 23.2 Å². The van der Waals surface area contributed by atoms with Crippen molar-refractivity contribution < 1.29 is 18.8 Å². The second kappa shape index (κ2) is 6.32. The van der Waals surface area contributed by atoms with Gasteiger partial charge in [0.15, 0.2) is 11.5 Å². The van der Waals surface area contributed by atoms with Crippen LogP contribution in [0.5, 0.6) is 11.5 Å². The molecule has 1 atom stereocenters. The molecule has 1 N–H and O–H groups in total. The van der Waals surface area contributed by atoms with E-state index < -0.39 is 6.10 Å². The Morgan fingerprint density at radius 2 is 2.12 bits per heavy atom. The van der Waals surface area contributed by atoms with E-state index in [2.05, 4.69) is 15.5 Å². The van der Waals surface area contributed by atoms with Crippen LogP contribution >= 0.6 is 11.3 Å². The number of thiophene rings is 1.